The first-order chi connectivity index (χ1) is 20.8. The number of nitrogens with zero attached hydrogens (tertiary/aromatic N) is 6. The average Bonchev–Trinajstić information content (AvgIpc) is 3.73. The SMILES string of the molecule is CS(=O)(=O)c1ccc(-c2cnc(C3C(c4ccccc4)CCCN3C(=O)/C=C/c3cc(Cl)ccc3-n3cnnn3)[nH]2)cc1. The van der Waals surface area contributed by atoms with E-state index in [-0.39, 0.29) is 22.8 Å². The zero-order valence-corrected chi connectivity index (χ0v) is 24.8. The standard InChI is InChI=1S/C31H28ClN7O3S/c1-43(41,42)25-13-9-22(10-14-25)27-19-33-31(35-27)30-26(21-6-3-2-4-7-21)8-5-17-38(30)29(40)16-11-23-18-24(32)12-15-28(23)39-20-34-36-37-39/h2-4,6-7,9-16,18-20,26,30H,5,8,17H2,1H3,(H,33,35)/b16-11+. The fourth-order valence-corrected chi connectivity index (χ4v) is 6.35. The fourth-order valence-electron chi connectivity index (χ4n) is 5.54. The number of halogens is 1. The Labute approximate surface area is 254 Å². The van der Waals surface area contributed by atoms with E-state index in [0.29, 0.717) is 28.6 Å². The van der Waals surface area contributed by atoms with Gasteiger partial charge in [0, 0.05) is 35.4 Å². The van der Waals surface area contributed by atoms with Crippen molar-refractivity contribution in [1.29, 1.82) is 0 Å². The highest BCUT2D eigenvalue weighted by molar-refractivity contribution is 7.90. The van der Waals surface area contributed by atoms with Gasteiger partial charge in [0.05, 0.1) is 28.5 Å². The number of tetrazole rings is 1. The largest absolute Gasteiger partial charge is 0.340 e. The molecule has 1 aliphatic rings. The van der Waals surface area contributed by atoms with Crippen LogP contribution in [0.5, 0.6) is 0 Å². The molecule has 0 spiro atoms. The van der Waals surface area contributed by atoms with Crippen LogP contribution in [0.25, 0.3) is 23.0 Å². The van der Waals surface area contributed by atoms with E-state index in [1.165, 1.54) is 17.3 Å². The van der Waals surface area contributed by atoms with Crippen molar-refractivity contribution < 1.29 is 13.2 Å². The number of carbonyl (C=O) groups excluding carboxylic acids is 1. The molecule has 2 aromatic heterocycles. The molecule has 0 saturated carbocycles. The molecule has 2 unspecified atom stereocenters. The van der Waals surface area contributed by atoms with Crippen LogP contribution in [0, 0.1) is 0 Å². The summed E-state index contributed by atoms with van der Waals surface area (Å²) < 4.78 is 25.4. The number of piperidine rings is 1. The van der Waals surface area contributed by atoms with Gasteiger partial charge in [-0.2, -0.15) is 4.68 Å². The van der Waals surface area contributed by atoms with Crippen LogP contribution in [0.3, 0.4) is 0 Å². The Hall–Kier alpha value is -4.61. The number of H-pyrrole nitrogens is 1. The van der Waals surface area contributed by atoms with Gasteiger partial charge in [0.1, 0.15) is 12.2 Å². The maximum atomic E-state index is 13.9. The van der Waals surface area contributed by atoms with Gasteiger partial charge in [0.25, 0.3) is 0 Å². The third-order valence-corrected chi connectivity index (χ3v) is 8.97. The summed E-state index contributed by atoms with van der Waals surface area (Å²) in [6, 6.07) is 21.8. The molecule has 1 aliphatic heterocycles. The van der Waals surface area contributed by atoms with Gasteiger partial charge in [-0.15, -0.1) is 5.10 Å². The van der Waals surface area contributed by atoms with Crippen LogP contribution < -0.4 is 0 Å². The van der Waals surface area contributed by atoms with E-state index in [1.807, 2.05) is 23.1 Å². The first kappa shape index (κ1) is 28.5. The minimum atomic E-state index is -3.31. The number of hydrogen-bond acceptors (Lipinski definition) is 7. The quantitative estimate of drug-likeness (QED) is 0.248. The third kappa shape index (κ3) is 6.13. The number of sulfone groups is 1. The Morgan fingerprint density at radius 1 is 1.07 bits per heavy atom. The first-order valence-electron chi connectivity index (χ1n) is 13.7. The minimum Gasteiger partial charge on any atom is -0.340 e. The lowest BCUT2D eigenvalue weighted by atomic mass is 9.83. The zero-order chi connectivity index (χ0) is 30.0. The summed E-state index contributed by atoms with van der Waals surface area (Å²) >= 11 is 6.28. The number of aromatic nitrogens is 6. The second-order valence-electron chi connectivity index (χ2n) is 10.4. The summed E-state index contributed by atoms with van der Waals surface area (Å²) in [5.41, 5.74) is 4.04. The highest BCUT2D eigenvalue weighted by atomic mass is 35.5. The van der Waals surface area contributed by atoms with Gasteiger partial charge in [0.2, 0.25) is 5.91 Å². The molecular formula is C31H28ClN7O3S. The number of carbonyl (C=O) groups is 1. The number of likely N-dealkylation sites (tertiary alicyclic amines) is 1. The van der Waals surface area contributed by atoms with Crippen LogP contribution in [0.1, 0.15) is 41.8 Å². The first-order valence-corrected chi connectivity index (χ1v) is 16.0. The number of hydrogen-bond donors (Lipinski definition) is 1. The molecule has 0 aliphatic carbocycles. The van der Waals surface area contributed by atoms with E-state index in [2.05, 4.69) is 32.6 Å². The second kappa shape index (κ2) is 11.9. The van der Waals surface area contributed by atoms with E-state index in [9.17, 15) is 13.2 Å². The molecule has 43 heavy (non-hydrogen) atoms. The summed E-state index contributed by atoms with van der Waals surface area (Å²) in [4.78, 5) is 24.2. The van der Waals surface area contributed by atoms with Gasteiger partial charge >= 0.3 is 0 Å². The average molecular weight is 614 g/mol. The summed E-state index contributed by atoms with van der Waals surface area (Å²) in [7, 11) is -3.31. The molecule has 12 heteroatoms. The molecule has 5 aromatic rings. The van der Waals surface area contributed by atoms with Crippen LogP contribution in [-0.2, 0) is 14.6 Å². The lowest BCUT2D eigenvalue weighted by Gasteiger charge is -2.40. The van der Waals surface area contributed by atoms with Crippen LogP contribution in [0.4, 0.5) is 0 Å². The van der Waals surface area contributed by atoms with E-state index in [0.717, 1.165) is 29.7 Å². The summed E-state index contributed by atoms with van der Waals surface area (Å²) in [5, 5.41) is 11.9. The molecule has 218 valence electrons. The number of benzene rings is 3. The van der Waals surface area contributed by atoms with Gasteiger partial charge in [-0.05, 0) is 70.8 Å². The van der Waals surface area contributed by atoms with Gasteiger partial charge in [-0.25, -0.2) is 13.4 Å². The summed E-state index contributed by atoms with van der Waals surface area (Å²) in [6.45, 7) is 0.561. The molecule has 2 atom stereocenters. The predicted octanol–water partition coefficient (Wildman–Crippen LogP) is 5.27. The van der Waals surface area contributed by atoms with E-state index in [1.54, 1.807) is 60.8 Å². The molecular weight excluding hydrogens is 586 g/mol. The smallest absolute Gasteiger partial charge is 0.247 e. The van der Waals surface area contributed by atoms with Crippen LogP contribution >= 0.6 is 11.6 Å². The van der Waals surface area contributed by atoms with Gasteiger partial charge in [-0.1, -0.05) is 54.1 Å². The minimum absolute atomic E-state index is 0.0156. The Bertz CT molecular complexity index is 1870. The summed E-state index contributed by atoms with van der Waals surface area (Å²) in [6.07, 6.45) is 9.39. The van der Waals surface area contributed by atoms with Gasteiger partial charge < -0.3 is 9.88 Å². The number of imidazole rings is 1. The van der Waals surface area contributed by atoms with Crippen LogP contribution in [0.2, 0.25) is 5.02 Å². The van der Waals surface area contributed by atoms with Crippen molar-refractivity contribution in [2.24, 2.45) is 0 Å². The molecule has 10 nitrogen and oxygen atoms in total. The molecule has 0 bridgehead atoms. The number of rotatable bonds is 7. The topological polar surface area (TPSA) is 127 Å². The van der Waals surface area contributed by atoms with Crippen molar-refractivity contribution in [3.63, 3.8) is 0 Å². The molecule has 1 fully saturated rings. The highest BCUT2D eigenvalue weighted by Gasteiger charge is 2.37. The molecule has 1 saturated heterocycles. The Balaban J connectivity index is 1.34. The molecule has 3 heterocycles. The lowest BCUT2D eigenvalue weighted by Crippen LogP contribution is -2.41. The summed E-state index contributed by atoms with van der Waals surface area (Å²) in [5.74, 6) is 0.514. The van der Waals surface area contributed by atoms with Crippen molar-refractivity contribution in [3.8, 4) is 16.9 Å². The van der Waals surface area contributed by atoms with Crippen molar-refractivity contribution >= 4 is 33.4 Å². The molecule has 0 radical (unpaired) electrons. The number of amides is 1. The maximum Gasteiger partial charge on any atom is 0.247 e. The van der Waals surface area contributed by atoms with Crippen molar-refractivity contribution in [2.45, 2.75) is 29.7 Å². The number of aromatic amines is 1. The van der Waals surface area contributed by atoms with Crippen LogP contribution in [0.15, 0.2) is 96.3 Å². The fraction of sp³-hybridized carbons (Fsp3) is 0.194. The number of nitrogens with one attached hydrogen (secondary N) is 1. The Kier molecular flexibility index (Phi) is 7.92. The predicted molar refractivity (Wildman–Crippen MR) is 163 cm³/mol. The van der Waals surface area contributed by atoms with E-state index < -0.39 is 9.84 Å². The van der Waals surface area contributed by atoms with Crippen LogP contribution in [-0.4, -0.2) is 62.2 Å². The Morgan fingerprint density at radius 2 is 1.86 bits per heavy atom. The second-order valence-corrected chi connectivity index (χ2v) is 12.9. The Morgan fingerprint density at radius 3 is 2.58 bits per heavy atom. The highest BCUT2D eigenvalue weighted by Crippen LogP contribution is 2.42. The normalized spacial score (nSPS) is 17.4. The zero-order valence-electron chi connectivity index (χ0n) is 23.2. The van der Waals surface area contributed by atoms with E-state index in [4.69, 9.17) is 16.6 Å². The molecule has 1 N–H and O–H groups in total. The molecule has 6 rings (SSSR count). The van der Waals surface area contributed by atoms with Gasteiger partial charge in [0.15, 0.2) is 9.84 Å². The molecule has 3 aromatic carbocycles. The third-order valence-electron chi connectivity index (χ3n) is 7.60. The lowest BCUT2D eigenvalue weighted by molar-refractivity contribution is -0.130. The monoisotopic (exact) mass is 613 g/mol. The van der Waals surface area contributed by atoms with Crippen molar-refractivity contribution in [2.75, 3.05) is 12.8 Å². The van der Waals surface area contributed by atoms with Crippen molar-refractivity contribution in [3.05, 3.63) is 113 Å². The van der Waals surface area contributed by atoms with E-state index >= 15 is 0 Å². The van der Waals surface area contributed by atoms with Gasteiger partial charge in [-0.3, -0.25) is 4.79 Å². The van der Waals surface area contributed by atoms with Crippen molar-refractivity contribution in [1.82, 2.24) is 35.1 Å². The molecule has 1 amide bonds. The maximum absolute atomic E-state index is 13.9.